The highest BCUT2D eigenvalue weighted by molar-refractivity contribution is 5.94. The average Bonchev–Trinajstić information content (AvgIpc) is 2.91. The highest BCUT2D eigenvalue weighted by atomic mass is 16.5. The van der Waals surface area contributed by atoms with E-state index in [1.165, 1.54) is 5.56 Å². The van der Waals surface area contributed by atoms with Crippen LogP contribution in [0.5, 0.6) is 5.75 Å². The number of fused-ring (bicyclic) bond motifs is 1. The van der Waals surface area contributed by atoms with Gasteiger partial charge in [-0.25, -0.2) is 0 Å². The minimum atomic E-state index is -0.337. The van der Waals surface area contributed by atoms with Gasteiger partial charge in [-0.3, -0.25) is 9.69 Å². The van der Waals surface area contributed by atoms with Crippen LogP contribution in [-0.4, -0.2) is 67.7 Å². The van der Waals surface area contributed by atoms with Gasteiger partial charge in [-0.05, 0) is 68.0 Å². The van der Waals surface area contributed by atoms with E-state index in [9.17, 15) is 4.79 Å². The van der Waals surface area contributed by atoms with Crippen LogP contribution < -0.4 is 4.74 Å². The molecule has 5 heteroatoms. The molecule has 1 saturated carbocycles. The van der Waals surface area contributed by atoms with Crippen molar-refractivity contribution in [3.8, 4) is 5.75 Å². The number of piperidine rings is 1. The third-order valence-electron chi connectivity index (χ3n) is 8.36. The summed E-state index contributed by atoms with van der Waals surface area (Å²) >= 11 is 0. The van der Waals surface area contributed by atoms with Crippen molar-refractivity contribution in [2.45, 2.75) is 56.6 Å². The van der Waals surface area contributed by atoms with Gasteiger partial charge < -0.3 is 14.4 Å². The zero-order valence-electron chi connectivity index (χ0n) is 22.4. The first-order chi connectivity index (χ1) is 17.4. The molecule has 194 valence electrons. The van der Waals surface area contributed by atoms with E-state index in [0.717, 1.165) is 63.2 Å². The third kappa shape index (κ3) is 4.96. The van der Waals surface area contributed by atoms with Crippen molar-refractivity contribution in [1.29, 1.82) is 0 Å². The molecule has 0 unspecified atom stereocenters. The summed E-state index contributed by atoms with van der Waals surface area (Å²) in [5, 5.41) is 0. The molecule has 5 nitrogen and oxygen atoms in total. The van der Waals surface area contributed by atoms with E-state index < -0.39 is 0 Å². The fraction of sp³-hybridized carbons (Fsp3) is 0.516. The molecule has 3 atom stereocenters. The standard InChI is InChI=1S/C31H42N2O3/c1-6-18-32-19-17-30(26-13-10-14-28(20-26)35-4)21-27(15-16-31(30,23-32)36-5)33(22-24(2)3)29(34)25-11-8-7-9-12-25/h6-14,20,24,27H,1,15-19,21-23H2,2-5H3/t27-,30-,31-/m0/s1. The largest absolute Gasteiger partial charge is 0.497 e. The summed E-state index contributed by atoms with van der Waals surface area (Å²) in [6.07, 6.45) is 5.65. The number of methoxy groups -OCH3 is 2. The summed E-state index contributed by atoms with van der Waals surface area (Å²) in [7, 11) is 3.59. The Morgan fingerprint density at radius 2 is 1.94 bits per heavy atom. The van der Waals surface area contributed by atoms with E-state index in [-0.39, 0.29) is 23.0 Å². The summed E-state index contributed by atoms with van der Waals surface area (Å²) in [6.45, 7) is 11.8. The summed E-state index contributed by atoms with van der Waals surface area (Å²) < 4.78 is 12.2. The summed E-state index contributed by atoms with van der Waals surface area (Å²) in [5.41, 5.74) is 1.46. The second kappa shape index (κ2) is 11.2. The minimum absolute atomic E-state index is 0.129. The van der Waals surface area contributed by atoms with E-state index in [1.54, 1.807) is 7.11 Å². The van der Waals surface area contributed by atoms with Crippen molar-refractivity contribution < 1.29 is 14.3 Å². The molecule has 4 rings (SSSR count). The SMILES string of the molecule is C=CCN1CC[C@@]2(c3cccc(OC)c3)C[C@@H](N(CC(C)C)C(=O)c3ccccc3)CC[C@]2(OC)C1. The number of rotatable bonds is 9. The molecule has 2 fully saturated rings. The normalized spacial score (nSPS) is 26.3. The van der Waals surface area contributed by atoms with Gasteiger partial charge in [0.15, 0.2) is 0 Å². The number of benzene rings is 2. The van der Waals surface area contributed by atoms with Crippen LogP contribution >= 0.6 is 0 Å². The number of hydrogen-bond donors (Lipinski definition) is 0. The maximum Gasteiger partial charge on any atom is 0.254 e. The van der Waals surface area contributed by atoms with Crippen LogP contribution in [0.3, 0.4) is 0 Å². The molecule has 1 amide bonds. The Balaban J connectivity index is 1.77. The number of carbonyl (C=O) groups is 1. The molecule has 2 aromatic rings. The summed E-state index contributed by atoms with van der Waals surface area (Å²) in [5.74, 6) is 1.38. The molecule has 0 N–H and O–H groups in total. The Hall–Kier alpha value is -2.63. The van der Waals surface area contributed by atoms with Crippen LogP contribution in [0.2, 0.25) is 0 Å². The number of ether oxygens (including phenoxy) is 2. The van der Waals surface area contributed by atoms with Gasteiger partial charge in [-0.1, -0.05) is 50.3 Å². The van der Waals surface area contributed by atoms with Crippen LogP contribution in [0.15, 0.2) is 67.3 Å². The fourth-order valence-corrected chi connectivity index (χ4v) is 6.63. The van der Waals surface area contributed by atoms with Gasteiger partial charge in [0.05, 0.1) is 12.7 Å². The predicted octanol–water partition coefficient (Wildman–Crippen LogP) is 5.56. The minimum Gasteiger partial charge on any atom is -0.497 e. The maximum absolute atomic E-state index is 13.8. The van der Waals surface area contributed by atoms with Crippen molar-refractivity contribution in [3.05, 3.63) is 78.4 Å². The van der Waals surface area contributed by atoms with Crippen molar-refractivity contribution >= 4 is 5.91 Å². The van der Waals surface area contributed by atoms with Gasteiger partial charge in [0.1, 0.15) is 5.75 Å². The monoisotopic (exact) mass is 490 g/mol. The Morgan fingerprint density at radius 1 is 1.17 bits per heavy atom. The lowest BCUT2D eigenvalue weighted by atomic mass is 9.55. The van der Waals surface area contributed by atoms with Crippen molar-refractivity contribution in [1.82, 2.24) is 9.80 Å². The lowest BCUT2D eigenvalue weighted by molar-refractivity contribution is -0.153. The molecule has 0 spiro atoms. The molecule has 1 saturated heterocycles. The third-order valence-corrected chi connectivity index (χ3v) is 8.36. The van der Waals surface area contributed by atoms with Crippen LogP contribution in [0, 0.1) is 5.92 Å². The average molecular weight is 491 g/mol. The molecule has 0 bridgehead atoms. The number of nitrogens with zero attached hydrogens (tertiary/aromatic N) is 2. The second-order valence-corrected chi connectivity index (χ2v) is 10.9. The first-order valence-electron chi connectivity index (χ1n) is 13.3. The van der Waals surface area contributed by atoms with Crippen molar-refractivity contribution in [3.63, 3.8) is 0 Å². The van der Waals surface area contributed by atoms with Gasteiger partial charge in [0.2, 0.25) is 0 Å². The summed E-state index contributed by atoms with van der Waals surface area (Å²) in [4.78, 5) is 18.4. The molecular weight excluding hydrogens is 448 g/mol. The molecule has 0 radical (unpaired) electrons. The van der Waals surface area contributed by atoms with Crippen LogP contribution in [0.4, 0.5) is 0 Å². The van der Waals surface area contributed by atoms with E-state index in [1.807, 2.05) is 49.6 Å². The molecule has 2 aromatic carbocycles. The molecule has 1 aliphatic heterocycles. The predicted molar refractivity (Wildman–Crippen MR) is 146 cm³/mol. The first kappa shape index (κ1) is 26.4. The van der Waals surface area contributed by atoms with Gasteiger partial charge in [0, 0.05) is 43.8 Å². The Kier molecular flexibility index (Phi) is 8.21. The van der Waals surface area contributed by atoms with Crippen LogP contribution in [-0.2, 0) is 10.2 Å². The maximum atomic E-state index is 13.8. The lowest BCUT2D eigenvalue weighted by Gasteiger charge is -2.60. The Morgan fingerprint density at radius 3 is 2.61 bits per heavy atom. The zero-order valence-corrected chi connectivity index (χ0v) is 22.4. The lowest BCUT2D eigenvalue weighted by Crippen LogP contribution is -2.68. The smallest absolute Gasteiger partial charge is 0.254 e. The van der Waals surface area contributed by atoms with Crippen molar-refractivity contribution in [2.75, 3.05) is 40.4 Å². The highest BCUT2D eigenvalue weighted by Crippen LogP contribution is 2.54. The number of amides is 1. The number of likely N-dealkylation sites (tertiary alicyclic amines) is 1. The number of hydrogen-bond acceptors (Lipinski definition) is 4. The van der Waals surface area contributed by atoms with Gasteiger partial charge in [-0.2, -0.15) is 0 Å². The summed E-state index contributed by atoms with van der Waals surface area (Å²) in [6, 6.07) is 18.4. The van der Waals surface area contributed by atoms with Gasteiger partial charge in [0.25, 0.3) is 5.91 Å². The second-order valence-electron chi connectivity index (χ2n) is 10.9. The van der Waals surface area contributed by atoms with E-state index in [2.05, 4.69) is 48.4 Å². The molecule has 1 aliphatic carbocycles. The van der Waals surface area contributed by atoms with Crippen molar-refractivity contribution in [2.24, 2.45) is 5.92 Å². The quantitative estimate of drug-likeness (QED) is 0.432. The molecular formula is C31H42N2O3. The molecule has 36 heavy (non-hydrogen) atoms. The topological polar surface area (TPSA) is 42.0 Å². The van der Waals surface area contributed by atoms with E-state index >= 15 is 0 Å². The fourth-order valence-electron chi connectivity index (χ4n) is 6.63. The Bertz CT molecular complexity index is 1040. The van der Waals surface area contributed by atoms with Crippen LogP contribution in [0.1, 0.15) is 55.5 Å². The first-order valence-corrected chi connectivity index (χ1v) is 13.3. The van der Waals surface area contributed by atoms with E-state index in [4.69, 9.17) is 9.47 Å². The van der Waals surface area contributed by atoms with E-state index in [0.29, 0.717) is 5.92 Å². The highest BCUT2D eigenvalue weighted by Gasteiger charge is 2.59. The van der Waals surface area contributed by atoms with Crippen LogP contribution in [0.25, 0.3) is 0 Å². The molecule has 1 heterocycles. The van der Waals surface area contributed by atoms with Gasteiger partial charge >= 0.3 is 0 Å². The Labute approximate surface area is 217 Å². The molecule has 0 aromatic heterocycles. The van der Waals surface area contributed by atoms with Gasteiger partial charge in [-0.15, -0.1) is 6.58 Å². The zero-order chi connectivity index (χ0) is 25.8. The molecule has 2 aliphatic rings. The number of carbonyl (C=O) groups excluding carboxylic acids is 1.